The lowest BCUT2D eigenvalue weighted by Gasteiger charge is -2.20. The minimum Gasteiger partial charge on any atom is -0.310 e. The number of hydrogen-bond donors (Lipinski definition) is 1. The van der Waals surface area contributed by atoms with Crippen molar-refractivity contribution in [2.24, 2.45) is 0 Å². The van der Waals surface area contributed by atoms with Crippen LogP contribution >= 0.6 is 11.3 Å². The zero-order chi connectivity index (χ0) is 12.1. The standard InChI is InChI=1S/C15H19NS/c1-3-16-15(10-13-8-9-17-11-13)14-7-5-4-6-12(14)2/h4-9,11,15-16H,3,10H2,1-2H3. The number of hydrogen-bond acceptors (Lipinski definition) is 2. The van der Waals surface area contributed by atoms with Crippen LogP contribution in [0.4, 0.5) is 0 Å². The third kappa shape index (κ3) is 3.18. The zero-order valence-electron chi connectivity index (χ0n) is 10.4. The summed E-state index contributed by atoms with van der Waals surface area (Å²) in [4.78, 5) is 0. The van der Waals surface area contributed by atoms with E-state index in [9.17, 15) is 0 Å². The molecule has 1 heterocycles. The molecule has 2 rings (SSSR count). The second-order valence-electron chi connectivity index (χ2n) is 4.30. The Balaban J connectivity index is 2.20. The molecule has 0 aliphatic rings. The van der Waals surface area contributed by atoms with Gasteiger partial charge in [-0.15, -0.1) is 0 Å². The van der Waals surface area contributed by atoms with Crippen LogP contribution in [-0.2, 0) is 6.42 Å². The Morgan fingerprint density at radius 2 is 2.06 bits per heavy atom. The highest BCUT2D eigenvalue weighted by Crippen LogP contribution is 2.22. The van der Waals surface area contributed by atoms with Crippen molar-refractivity contribution in [2.45, 2.75) is 26.3 Å². The summed E-state index contributed by atoms with van der Waals surface area (Å²) in [6.45, 7) is 5.36. The molecule has 1 nitrogen and oxygen atoms in total. The summed E-state index contributed by atoms with van der Waals surface area (Å²) in [5, 5.41) is 7.97. The summed E-state index contributed by atoms with van der Waals surface area (Å²) >= 11 is 1.77. The Morgan fingerprint density at radius 1 is 1.24 bits per heavy atom. The molecule has 17 heavy (non-hydrogen) atoms. The number of rotatable bonds is 5. The molecule has 90 valence electrons. The topological polar surface area (TPSA) is 12.0 Å². The van der Waals surface area contributed by atoms with Gasteiger partial charge < -0.3 is 5.32 Å². The molecule has 2 heteroatoms. The first-order valence-corrected chi connectivity index (χ1v) is 7.05. The Morgan fingerprint density at radius 3 is 2.71 bits per heavy atom. The van der Waals surface area contributed by atoms with E-state index in [1.807, 2.05) is 0 Å². The maximum Gasteiger partial charge on any atom is 0.0363 e. The van der Waals surface area contributed by atoms with E-state index in [0.29, 0.717) is 6.04 Å². The van der Waals surface area contributed by atoms with Crippen molar-refractivity contribution in [3.8, 4) is 0 Å². The van der Waals surface area contributed by atoms with E-state index >= 15 is 0 Å². The Bertz CT molecular complexity index is 448. The van der Waals surface area contributed by atoms with Crippen molar-refractivity contribution in [2.75, 3.05) is 6.54 Å². The molecule has 0 saturated heterocycles. The molecular formula is C15H19NS. The van der Waals surface area contributed by atoms with Crippen LogP contribution in [0.2, 0.25) is 0 Å². The summed E-state index contributed by atoms with van der Waals surface area (Å²) in [5.41, 5.74) is 4.21. The van der Waals surface area contributed by atoms with Crippen molar-refractivity contribution < 1.29 is 0 Å². The van der Waals surface area contributed by atoms with Crippen molar-refractivity contribution in [3.63, 3.8) is 0 Å². The van der Waals surface area contributed by atoms with Gasteiger partial charge in [0.1, 0.15) is 0 Å². The van der Waals surface area contributed by atoms with Gasteiger partial charge in [0.25, 0.3) is 0 Å². The number of likely N-dealkylation sites (N-methyl/N-ethyl adjacent to an activating group) is 1. The quantitative estimate of drug-likeness (QED) is 0.841. The van der Waals surface area contributed by atoms with Gasteiger partial charge in [-0.2, -0.15) is 11.3 Å². The minimum atomic E-state index is 0.427. The maximum absolute atomic E-state index is 3.58. The summed E-state index contributed by atoms with van der Waals surface area (Å²) < 4.78 is 0. The molecule has 1 aromatic heterocycles. The lowest BCUT2D eigenvalue weighted by atomic mass is 9.96. The molecule has 1 atom stereocenters. The molecule has 0 aliphatic heterocycles. The average molecular weight is 245 g/mol. The van der Waals surface area contributed by atoms with E-state index in [4.69, 9.17) is 0 Å². The Labute approximate surface area is 108 Å². The molecule has 1 N–H and O–H groups in total. The van der Waals surface area contributed by atoms with Crippen LogP contribution in [0.5, 0.6) is 0 Å². The van der Waals surface area contributed by atoms with Crippen LogP contribution in [0.3, 0.4) is 0 Å². The van der Waals surface area contributed by atoms with Gasteiger partial charge in [-0.05, 0) is 53.4 Å². The van der Waals surface area contributed by atoms with E-state index in [0.717, 1.165) is 13.0 Å². The molecule has 2 aromatic rings. The predicted molar refractivity (Wildman–Crippen MR) is 75.6 cm³/mol. The van der Waals surface area contributed by atoms with Crippen molar-refractivity contribution in [3.05, 3.63) is 57.8 Å². The SMILES string of the molecule is CCNC(Cc1ccsc1)c1ccccc1C. The highest BCUT2D eigenvalue weighted by molar-refractivity contribution is 7.07. The van der Waals surface area contributed by atoms with Gasteiger partial charge in [-0.1, -0.05) is 31.2 Å². The van der Waals surface area contributed by atoms with Crippen molar-refractivity contribution in [1.29, 1.82) is 0 Å². The number of thiophene rings is 1. The van der Waals surface area contributed by atoms with E-state index in [1.54, 1.807) is 11.3 Å². The zero-order valence-corrected chi connectivity index (χ0v) is 11.3. The van der Waals surface area contributed by atoms with E-state index < -0.39 is 0 Å². The summed E-state index contributed by atoms with van der Waals surface area (Å²) in [6.07, 6.45) is 1.07. The highest BCUT2D eigenvalue weighted by atomic mass is 32.1. The molecular weight excluding hydrogens is 226 g/mol. The number of nitrogens with one attached hydrogen (secondary N) is 1. The van der Waals surface area contributed by atoms with Gasteiger partial charge in [0, 0.05) is 6.04 Å². The first-order chi connectivity index (χ1) is 8.31. The van der Waals surface area contributed by atoms with Gasteiger partial charge in [0.2, 0.25) is 0 Å². The summed E-state index contributed by atoms with van der Waals surface area (Å²) in [5.74, 6) is 0. The van der Waals surface area contributed by atoms with Gasteiger partial charge in [-0.3, -0.25) is 0 Å². The first kappa shape index (κ1) is 12.3. The fourth-order valence-electron chi connectivity index (χ4n) is 2.16. The van der Waals surface area contributed by atoms with Crippen LogP contribution in [0, 0.1) is 6.92 Å². The van der Waals surface area contributed by atoms with E-state index in [1.165, 1.54) is 16.7 Å². The molecule has 1 aromatic carbocycles. The van der Waals surface area contributed by atoms with Gasteiger partial charge in [0.05, 0.1) is 0 Å². The van der Waals surface area contributed by atoms with Crippen molar-refractivity contribution >= 4 is 11.3 Å². The van der Waals surface area contributed by atoms with Gasteiger partial charge in [0.15, 0.2) is 0 Å². The summed E-state index contributed by atoms with van der Waals surface area (Å²) in [7, 11) is 0. The molecule has 0 fully saturated rings. The molecule has 0 saturated carbocycles. The van der Waals surface area contributed by atoms with Crippen LogP contribution in [0.25, 0.3) is 0 Å². The molecule has 0 aliphatic carbocycles. The van der Waals surface area contributed by atoms with Crippen LogP contribution in [0.15, 0.2) is 41.1 Å². The fourth-order valence-corrected chi connectivity index (χ4v) is 2.84. The Kier molecular flexibility index (Phi) is 4.35. The summed E-state index contributed by atoms with van der Waals surface area (Å²) in [6, 6.07) is 11.3. The molecule has 0 spiro atoms. The second-order valence-corrected chi connectivity index (χ2v) is 5.08. The Hall–Kier alpha value is -1.12. The molecule has 0 radical (unpaired) electrons. The minimum absolute atomic E-state index is 0.427. The van der Waals surface area contributed by atoms with Crippen LogP contribution < -0.4 is 5.32 Å². The van der Waals surface area contributed by atoms with Crippen LogP contribution in [-0.4, -0.2) is 6.54 Å². The van der Waals surface area contributed by atoms with E-state index in [-0.39, 0.29) is 0 Å². The van der Waals surface area contributed by atoms with Crippen molar-refractivity contribution in [1.82, 2.24) is 5.32 Å². The molecule has 0 amide bonds. The lowest BCUT2D eigenvalue weighted by molar-refractivity contribution is 0.548. The largest absolute Gasteiger partial charge is 0.310 e. The predicted octanol–water partition coefficient (Wildman–Crippen LogP) is 3.95. The number of aryl methyl sites for hydroxylation is 1. The first-order valence-electron chi connectivity index (χ1n) is 6.11. The van der Waals surface area contributed by atoms with Gasteiger partial charge >= 0.3 is 0 Å². The third-order valence-electron chi connectivity index (χ3n) is 3.03. The smallest absolute Gasteiger partial charge is 0.0363 e. The molecule has 1 unspecified atom stereocenters. The normalized spacial score (nSPS) is 12.6. The second kappa shape index (κ2) is 5.99. The number of benzene rings is 1. The van der Waals surface area contributed by atoms with Crippen LogP contribution in [0.1, 0.15) is 29.7 Å². The van der Waals surface area contributed by atoms with Gasteiger partial charge in [-0.25, -0.2) is 0 Å². The lowest BCUT2D eigenvalue weighted by Crippen LogP contribution is -2.23. The third-order valence-corrected chi connectivity index (χ3v) is 3.77. The average Bonchev–Trinajstić information content (AvgIpc) is 2.82. The van der Waals surface area contributed by atoms with E-state index in [2.05, 4.69) is 60.3 Å². The highest BCUT2D eigenvalue weighted by Gasteiger charge is 2.12. The fraction of sp³-hybridized carbons (Fsp3) is 0.333. The molecule has 0 bridgehead atoms. The monoisotopic (exact) mass is 245 g/mol. The maximum atomic E-state index is 3.58.